The maximum atomic E-state index is 5.58. The van der Waals surface area contributed by atoms with Crippen LogP contribution in [0.25, 0.3) is 0 Å². The first-order valence-electron chi connectivity index (χ1n) is 5.27. The number of aromatic nitrogens is 2. The van der Waals surface area contributed by atoms with Gasteiger partial charge in [-0.3, -0.25) is 11.3 Å². The molecule has 1 aromatic carbocycles. The fourth-order valence-corrected chi connectivity index (χ4v) is 2.13. The van der Waals surface area contributed by atoms with Gasteiger partial charge in [-0.2, -0.15) is 10.2 Å². The molecule has 3 N–H and O–H groups in total. The highest BCUT2D eigenvalue weighted by Gasteiger charge is 2.10. The van der Waals surface area contributed by atoms with Crippen molar-refractivity contribution in [2.45, 2.75) is 12.5 Å². The van der Waals surface area contributed by atoms with Crippen molar-refractivity contribution < 1.29 is 0 Å². The molecule has 0 aliphatic rings. The van der Waals surface area contributed by atoms with Gasteiger partial charge >= 0.3 is 0 Å². The Morgan fingerprint density at radius 2 is 2.18 bits per heavy atom. The normalized spacial score (nSPS) is 12.4. The number of hydrogen-bond acceptors (Lipinski definition) is 4. The molecule has 88 valence electrons. The fraction of sp³-hybridized carbons (Fsp3) is 0.167. The van der Waals surface area contributed by atoms with Crippen molar-refractivity contribution in [3.8, 4) is 0 Å². The van der Waals surface area contributed by atoms with Crippen molar-refractivity contribution in [1.29, 1.82) is 0 Å². The summed E-state index contributed by atoms with van der Waals surface area (Å²) < 4.78 is 1.07. The van der Waals surface area contributed by atoms with Crippen LogP contribution >= 0.6 is 15.9 Å². The van der Waals surface area contributed by atoms with E-state index in [2.05, 4.69) is 43.7 Å². The fourth-order valence-electron chi connectivity index (χ4n) is 1.68. The summed E-state index contributed by atoms with van der Waals surface area (Å²) in [5, 5.41) is 7.62. The molecule has 0 spiro atoms. The molecule has 0 saturated carbocycles. The van der Waals surface area contributed by atoms with Crippen LogP contribution in [0.15, 0.2) is 47.2 Å². The second kappa shape index (κ2) is 5.86. The molecule has 0 amide bonds. The van der Waals surface area contributed by atoms with Gasteiger partial charge in [0.15, 0.2) is 0 Å². The standard InChI is InChI=1S/C12H13BrN4/c13-11-3-1-2-9(6-11)7-12(17-14)10-4-5-15-16-8-10/h1-6,8,12,17H,7,14H2. The van der Waals surface area contributed by atoms with Gasteiger partial charge < -0.3 is 0 Å². The SMILES string of the molecule is NNC(Cc1cccc(Br)c1)c1ccnnc1. The molecule has 2 aromatic rings. The van der Waals surface area contributed by atoms with Gasteiger partial charge in [0.2, 0.25) is 0 Å². The van der Waals surface area contributed by atoms with Gasteiger partial charge in [-0.05, 0) is 35.7 Å². The van der Waals surface area contributed by atoms with Crippen LogP contribution in [-0.4, -0.2) is 10.2 Å². The predicted octanol–water partition coefficient (Wildman–Crippen LogP) is 1.99. The molecule has 5 heteroatoms. The number of benzene rings is 1. The zero-order chi connectivity index (χ0) is 12.1. The summed E-state index contributed by atoms with van der Waals surface area (Å²) in [6.45, 7) is 0. The van der Waals surface area contributed by atoms with Gasteiger partial charge in [0.1, 0.15) is 0 Å². The molecule has 1 aromatic heterocycles. The second-order valence-corrected chi connectivity index (χ2v) is 4.64. The Hall–Kier alpha value is -1.30. The average Bonchev–Trinajstić information content (AvgIpc) is 2.37. The highest BCUT2D eigenvalue weighted by atomic mass is 79.9. The Morgan fingerprint density at radius 1 is 1.29 bits per heavy atom. The van der Waals surface area contributed by atoms with Crippen LogP contribution in [-0.2, 0) is 6.42 Å². The van der Waals surface area contributed by atoms with Crippen molar-refractivity contribution >= 4 is 15.9 Å². The number of nitrogens with zero attached hydrogens (tertiary/aromatic N) is 2. The Kier molecular flexibility index (Phi) is 4.19. The Morgan fingerprint density at radius 3 is 2.82 bits per heavy atom. The van der Waals surface area contributed by atoms with E-state index in [-0.39, 0.29) is 6.04 Å². The molecule has 0 fully saturated rings. The van der Waals surface area contributed by atoms with E-state index in [1.807, 2.05) is 18.2 Å². The lowest BCUT2D eigenvalue weighted by Gasteiger charge is -2.15. The summed E-state index contributed by atoms with van der Waals surface area (Å²) in [6.07, 6.45) is 4.20. The maximum absolute atomic E-state index is 5.58. The summed E-state index contributed by atoms with van der Waals surface area (Å²) >= 11 is 3.46. The third-order valence-corrected chi connectivity index (χ3v) is 3.03. The van der Waals surface area contributed by atoms with Gasteiger partial charge in [0.25, 0.3) is 0 Å². The molecule has 4 nitrogen and oxygen atoms in total. The molecule has 0 saturated heterocycles. The quantitative estimate of drug-likeness (QED) is 0.668. The van der Waals surface area contributed by atoms with Crippen LogP contribution in [0.1, 0.15) is 17.2 Å². The second-order valence-electron chi connectivity index (χ2n) is 3.73. The van der Waals surface area contributed by atoms with E-state index in [4.69, 9.17) is 5.84 Å². The monoisotopic (exact) mass is 292 g/mol. The molecular weight excluding hydrogens is 280 g/mol. The van der Waals surface area contributed by atoms with Gasteiger partial charge in [-0.15, -0.1) is 0 Å². The minimum atomic E-state index is 0.0415. The third-order valence-electron chi connectivity index (χ3n) is 2.54. The molecule has 0 radical (unpaired) electrons. The van der Waals surface area contributed by atoms with Crippen LogP contribution < -0.4 is 11.3 Å². The zero-order valence-electron chi connectivity index (χ0n) is 9.18. The first kappa shape index (κ1) is 12.2. The van der Waals surface area contributed by atoms with Crippen LogP contribution in [0.5, 0.6) is 0 Å². The van der Waals surface area contributed by atoms with Gasteiger partial charge in [-0.25, -0.2) is 0 Å². The van der Waals surface area contributed by atoms with E-state index >= 15 is 0 Å². The Balaban J connectivity index is 2.16. The summed E-state index contributed by atoms with van der Waals surface area (Å²) in [5.41, 5.74) is 5.04. The summed E-state index contributed by atoms with van der Waals surface area (Å²) in [4.78, 5) is 0. The van der Waals surface area contributed by atoms with E-state index in [1.165, 1.54) is 5.56 Å². The first-order valence-corrected chi connectivity index (χ1v) is 6.06. The molecule has 0 bridgehead atoms. The van der Waals surface area contributed by atoms with Crippen LogP contribution in [0.4, 0.5) is 0 Å². The lowest BCUT2D eigenvalue weighted by molar-refractivity contribution is 0.548. The van der Waals surface area contributed by atoms with Crippen LogP contribution in [0.2, 0.25) is 0 Å². The smallest absolute Gasteiger partial charge is 0.0544 e. The molecule has 1 unspecified atom stereocenters. The number of nitrogens with two attached hydrogens (primary N) is 1. The average molecular weight is 293 g/mol. The predicted molar refractivity (Wildman–Crippen MR) is 69.9 cm³/mol. The summed E-state index contributed by atoms with van der Waals surface area (Å²) in [5.74, 6) is 5.58. The van der Waals surface area contributed by atoms with Crippen molar-refractivity contribution in [1.82, 2.24) is 15.6 Å². The lowest BCUT2D eigenvalue weighted by Crippen LogP contribution is -2.29. The van der Waals surface area contributed by atoms with E-state index in [0.717, 1.165) is 16.5 Å². The van der Waals surface area contributed by atoms with Crippen molar-refractivity contribution in [3.05, 3.63) is 58.3 Å². The van der Waals surface area contributed by atoms with E-state index in [0.29, 0.717) is 0 Å². The Labute approximate surface area is 108 Å². The molecule has 2 rings (SSSR count). The van der Waals surface area contributed by atoms with E-state index in [9.17, 15) is 0 Å². The highest BCUT2D eigenvalue weighted by molar-refractivity contribution is 9.10. The highest BCUT2D eigenvalue weighted by Crippen LogP contribution is 2.19. The maximum Gasteiger partial charge on any atom is 0.0544 e. The van der Waals surface area contributed by atoms with E-state index < -0.39 is 0 Å². The van der Waals surface area contributed by atoms with Gasteiger partial charge in [0.05, 0.1) is 12.2 Å². The number of rotatable bonds is 4. The zero-order valence-corrected chi connectivity index (χ0v) is 10.8. The first-order chi connectivity index (χ1) is 8.29. The van der Waals surface area contributed by atoms with Gasteiger partial charge in [-0.1, -0.05) is 28.1 Å². The number of hydrogen-bond donors (Lipinski definition) is 2. The summed E-state index contributed by atoms with van der Waals surface area (Å²) in [6, 6.07) is 10.1. The molecule has 0 aliphatic carbocycles. The molecule has 0 aliphatic heterocycles. The van der Waals surface area contributed by atoms with Crippen molar-refractivity contribution in [2.75, 3.05) is 0 Å². The van der Waals surface area contributed by atoms with Crippen LogP contribution in [0, 0.1) is 0 Å². The summed E-state index contributed by atoms with van der Waals surface area (Å²) in [7, 11) is 0. The number of hydrazine groups is 1. The third kappa shape index (κ3) is 3.33. The molecular formula is C12H13BrN4. The van der Waals surface area contributed by atoms with E-state index in [1.54, 1.807) is 12.4 Å². The Bertz CT molecular complexity index is 475. The minimum absolute atomic E-state index is 0.0415. The molecule has 1 heterocycles. The molecule has 17 heavy (non-hydrogen) atoms. The van der Waals surface area contributed by atoms with Crippen molar-refractivity contribution in [3.63, 3.8) is 0 Å². The van der Waals surface area contributed by atoms with Gasteiger partial charge in [0, 0.05) is 10.7 Å². The lowest BCUT2D eigenvalue weighted by atomic mass is 10.0. The number of halogens is 1. The van der Waals surface area contributed by atoms with Crippen LogP contribution in [0.3, 0.4) is 0 Å². The van der Waals surface area contributed by atoms with Crippen molar-refractivity contribution in [2.24, 2.45) is 5.84 Å². The topological polar surface area (TPSA) is 63.8 Å². The minimum Gasteiger partial charge on any atom is -0.271 e. The number of nitrogens with one attached hydrogen (secondary N) is 1. The molecule has 1 atom stereocenters. The largest absolute Gasteiger partial charge is 0.271 e.